The van der Waals surface area contributed by atoms with Crippen molar-refractivity contribution in [1.29, 1.82) is 0 Å². The molecule has 4 heterocycles. The Hall–Kier alpha value is -1.65. The number of nitrogens with zero attached hydrogens (tertiary/aromatic N) is 5. The molecule has 2 aromatic heterocycles. The van der Waals surface area contributed by atoms with Gasteiger partial charge in [0, 0.05) is 23.8 Å². The number of aryl methyl sites for hydroxylation is 1. The average molecular weight is 229 g/mol. The summed E-state index contributed by atoms with van der Waals surface area (Å²) in [6.45, 7) is 5.35. The van der Waals surface area contributed by atoms with E-state index < -0.39 is 0 Å². The second kappa shape index (κ2) is 2.97. The fourth-order valence-corrected chi connectivity index (χ4v) is 3.14. The normalized spacial score (nSPS) is 26.6. The summed E-state index contributed by atoms with van der Waals surface area (Å²) in [6, 6.07) is 0.716. The van der Waals surface area contributed by atoms with Gasteiger partial charge in [-0.05, 0) is 32.6 Å². The molecule has 2 aromatic rings. The van der Waals surface area contributed by atoms with Crippen LogP contribution in [-0.4, -0.2) is 32.2 Å². The summed E-state index contributed by atoms with van der Waals surface area (Å²) in [5.41, 5.74) is 2.29. The molecule has 1 aliphatic carbocycles. The molecule has 0 radical (unpaired) electrons. The average Bonchev–Trinajstić information content (AvgIpc) is 2.91. The fourth-order valence-electron chi connectivity index (χ4n) is 3.14. The summed E-state index contributed by atoms with van der Waals surface area (Å²) in [5.74, 6) is 2.81. The molecule has 88 valence electrons. The standard InChI is InChI=1S/C12H15N5/c1-7-8(2)15-12-13-6-14-17(12)11(7)16-5-9-3-10(16)4-9/h6,9-10H,3-5H2,1-2H3. The topological polar surface area (TPSA) is 46.3 Å². The number of rotatable bonds is 1. The maximum absolute atomic E-state index is 4.47. The second-order valence-corrected chi connectivity index (χ2v) is 5.26. The van der Waals surface area contributed by atoms with Crippen molar-refractivity contribution in [3.8, 4) is 0 Å². The molecule has 0 N–H and O–H groups in total. The molecule has 5 rings (SSSR count). The van der Waals surface area contributed by atoms with Gasteiger partial charge >= 0.3 is 0 Å². The van der Waals surface area contributed by atoms with Crippen molar-refractivity contribution in [3.63, 3.8) is 0 Å². The maximum Gasteiger partial charge on any atom is 0.254 e. The van der Waals surface area contributed by atoms with E-state index in [2.05, 4.69) is 26.9 Å². The zero-order valence-corrected chi connectivity index (χ0v) is 10.1. The predicted octanol–water partition coefficient (Wildman–Crippen LogP) is 1.34. The van der Waals surface area contributed by atoms with Crippen molar-refractivity contribution in [2.24, 2.45) is 5.92 Å². The van der Waals surface area contributed by atoms with Gasteiger partial charge in [0.05, 0.1) is 0 Å². The zero-order valence-electron chi connectivity index (χ0n) is 10.1. The highest BCUT2D eigenvalue weighted by Gasteiger charge is 2.44. The molecule has 3 aliphatic rings. The third kappa shape index (κ3) is 1.11. The van der Waals surface area contributed by atoms with Gasteiger partial charge < -0.3 is 4.90 Å². The van der Waals surface area contributed by atoms with Gasteiger partial charge in [0.15, 0.2) is 0 Å². The van der Waals surface area contributed by atoms with Crippen molar-refractivity contribution in [1.82, 2.24) is 19.6 Å². The molecule has 0 spiro atoms. The Morgan fingerprint density at radius 2 is 2.12 bits per heavy atom. The van der Waals surface area contributed by atoms with Gasteiger partial charge in [-0.2, -0.15) is 14.6 Å². The third-order valence-electron chi connectivity index (χ3n) is 4.25. The molecule has 0 atom stereocenters. The monoisotopic (exact) mass is 229 g/mol. The van der Waals surface area contributed by atoms with E-state index in [9.17, 15) is 0 Å². The minimum Gasteiger partial charge on any atom is -0.353 e. The highest BCUT2D eigenvalue weighted by atomic mass is 15.4. The number of hydrogen-bond acceptors (Lipinski definition) is 4. The largest absolute Gasteiger partial charge is 0.353 e. The van der Waals surface area contributed by atoms with E-state index >= 15 is 0 Å². The lowest BCUT2D eigenvalue weighted by atomic mass is 9.86. The van der Waals surface area contributed by atoms with Crippen LogP contribution >= 0.6 is 0 Å². The Morgan fingerprint density at radius 1 is 1.29 bits per heavy atom. The first-order valence-electron chi connectivity index (χ1n) is 6.17. The van der Waals surface area contributed by atoms with E-state index in [4.69, 9.17) is 0 Å². The summed E-state index contributed by atoms with van der Waals surface area (Å²) in [4.78, 5) is 11.2. The maximum atomic E-state index is 4.47. The van der Waals surface area contributed by atoms with Crippen molar-refractivity contribution >= 4 is 11.6 Å². The SMILES string of the molecule is Cc1nc2ncnn2c(N2CC3CC2C3)c1C. The number of fused-ring (bicyclic) bond motifs is 2. The zero-order chi connectivity index (χ0) is 11.6. The van der Waals surface area contributed by atoms with Crippen LogP contribution in [0, 0.1) is 19.8 Å². The van der Waals surface area contributed by atoms with Gasteiger partial charge in [0.25, 0.3) is 5.78 Å². The molecule has 2 aliphatic heterocycles. The van der Waals surface area contributed by atoms with Crippen LogP contribution in [0.25, 0.3) is 5.78 Å². The number of hydrogen-bond donors (Lipinski definition) is 0. The quantitative estimate of drug-likeness (QED) is 0.740. The lowest BCUT2D eigenvalue weighted by Crippen LogP contribution is -2.31. The van der Waals surface area contributed by atoms with Gasteiger partial charge in [0.1, 0.15) is 12.1 Å². The molecule has 0 amide bonds. The van der Waals surface area contributed by atoms with Gasteiger partial charge in [0.2, 0.25) is 0 Å². The summed E-state index contributed by atoms with van der Waals surface area (Å²) < 4.78 is 1.89. The molecular formula is C12H15N5. The molecule has 5 heteroatoms. The minimum absolute atomic E-state index is 0.715. The lowest BCUT2D eigenvalue weighted by molar-refractivity contribution is 0.380. The summed E-state index contributed by atoms with van der Waals surface area (Å²) in [7, 11) is 0. The third-order valence-corrected chi connectivity index (χ3v) is 4.25. The molecular weight excluding hydrogens is 214 g/mol. The fraction of sp³-hybridized carbons (Fsp3) is 0.583. The first kappa shape index (κ1) is 9.39. The van der Waals surface area contributed by atoms with Crippen LogP contribution in [0.5, 0.6) is 0 Å². The van der Waals surface area contributed by atoms with E-state index in [1.165, 1.54) is 30.8 Å². The number of aromatic nitrogens is 4. The van der Waals surface area contributed by atoms with Crippen LogP contribution < -0.4 is 4.90 Å². The highest BCUT2D eigenvalue weighted by molar-refractivity contribution is 5.56. The Morgan fingerprint density at radius 3 is 2.82 bits per heavy atom. The Balaban J connectivity index is 1.97. The van der Waals surface area contributed by atoms with E-state index in [-0.39, 0.29) is 0 Å². The van der Waals surface area contributed by atoms with Crippen LogP contribution in [0.1, 0.15) is 24.1 Å². The summed E-state index contributed by atoms with van der Waals surface area (Å²) in [5, 5.41) is 4.32. The van der Waals surface area contributed by atoms with E-state index in [1.807, 2.05) is 11.4 Å². The van der Waals surface area contributed by atoms with Crippen molar-refractivity contribution in [2.45, 2.75) is 32.7 Å². The van der Waals surface area contributed by atoms with Crippen molar-refractivity contribution in [2.75, 3.05) is 11.4 Å². The Labute approximate surface area is 99.5 Å². The predicted molar refractivity (Wildman–Crippen MR) is 64.1 cm³/mol. The smallest absolute Gasteiger partial charge is 0.254 e. The summed E-state index contributed by atoms with van der Waals surface area (Å²) >= 11 is 0. The van der Waals surface area contributed by atoms with Gasteiger partial charge in [-0.15, -0.1) is 0 Å². The molecule has 1 saturated carbocycles. The van der Waals surface area contributed by atoms with Crippen LogP contribution in [0.3, 0.4) is 0 Å². The van der Waals surface area contributed by atoms with Crippen molar-refractivity contribution in [3.05, 3.63) is 17.6 Å². The molecule has 3 fully saturated rings. The molecule has 2 bridgehead atoms. The van der Waals surface area contributed by atoms with E-state index in [0.29, 0.717) is 11.8 Å². The first-order chi connectivity index (χ1) is 8.24. The van der Waals surface area contributed by atoms with Gasteiger partial charge in [-0.25, -0.2) is 4.98 Å². The minimum atomic E-state index is 0.715. The highest BCUT2D eigenvalue weighted by Crippen LogP contribution is 2.44. The summed E-state index contributed by atoms with van der Waals surface area (Å²) in [6.07, 6.45) is 4.28. The number of anilines is 1. The van der Waals surface area contributed by atoms with E-state index in [0.717, 1.165) is 11.6 Å². The van der Waals surface area contributed by atoms with Crippen LogP contribution in [0.4, 0.5) is 5.82 Å². The van der Waals surface area contributed by atoms with Crippen LogP contribution in [0.2, 0.25) is 0 Å². The molecule has 2 saturated heterocycles. The van der Waals surface area contributed by atoms with Gasteiger partial charge in [-0.3, -0.25) is 0 Å². The lowest BCUT2D eigenvalue weighted by Gasteiger charge is -2.28. The first-order valence-corrected chi connectivity index (χ1v) is 6.17. The molecule has 17 heavy (non-hydrogen) atoms. The Kier molecular flexibility index (Phi) is 1.64. The molecule has 5 nitrogen and oxygen atoms in total. The van der Waals surface area contributed by atoms with Crippen LogP contribution in [0.15, 0.2) is 6.33 Å². The van der Waals surface area contributed by atoms with Gasteiger partial charge in [-0.1, -0.05) is 0 Å². The molecule has 0 aromatic carbocycles. The van der Waals surface area contributed by atoms with Crippen molar-refractivity contribution < 1.29 is 0 Å². The van der Waals surface area contributed by atoms with E-state index in [1.54, 1.807) is 6.33 Å². The van der Waals surface area contributed by atoms with Crippen LogP contribution in [-0.2, 0) is 0 Å². The Bertz CT molecular complexity index is 596. The second-order valence-electron chi connectivity index (χ2n) is 5.26. The molecule has 0 unspecified atom stereocenters.